The van der Waals surface area contributed by atoms with Gasteiger partial charge in [-0.15, -0.1) is 0 Å². The summed E-state index contributed by atoms with van der Waals surface area (Å²) in [6, 6.07) is 8.67. The number of hydrogen-bond acceptors (Lipinski definition) is 4. The lowest BCUT2D eigenvalue weighted by Crippen LogP contribution is -2.29. The molecular formula is C16H19N3O3. The number of hydrogen-bond donors (Lipinski definition) is 2. The lowest BCUT2D eigenvalue weighted by molar-refractivity contribution is -0.125. The quantitative estimate of drug-likeness (QED) is 0.886. The summed E-state index contributed by atoms with van der Waals surface area (Å²) >= 11 is 0. The minimum absolute atomic E-state index is 0.181. The van der Waals surface area contributed by atoms with E-state index in [-0.39, 0.29) is 11.5 Å². The molecule has 2 N–H and O–H groups in total. The Kier molecular flexibility index (Phi) is 5.06. The van der Waals surface area contributed by atoms with Gasteiger partial charge in [0, 0.05) is 24.4 Å². The number of nitrogens with zero attached hydrogens (tertiary/aromatic N) is 1. The zero-order valence-corrected chi connectivity index (χ0v) is 12.8. The van der Waals surface area contributed by atoms with Gasteiger partial charge in [0.2, 0.25) is 0 Å². The standard InChI is InChI=1S/C16H19N3O3/c1-4-14(22-3)16(21)17-13-9-11(6-5-10(13)2)12-7-8-15(20)19-18-12/h5-9,14H,4H2,1-3H3,(H,17,21)(H,19,20). The summed E-state index contributed by atoms with van der Waals surface area (Å²) in [4.78, 5) is 23.2. The summed E-state index contributed by atoms with van der Waals surface area (Å²) in [6.45, 7) is 3.80. The average molecular weight is 301 g/mol. The molecule has 6 nitrogen and oxygen atoms in total. The number of aromatic amines is 1. The van der Waals surface area contributed by atoms with Crippen LogP contribution in [0, 0.1) is 6.92 Å². The molecule has 0 aliphatic heterocycles. The molecule has 0 bridgehead atoms. The maximum Gasteiger partial charge on any atom is 0.264 e. The Bertz CT molecular complexity index is 700. The molecule has 1 aromatic carbocycles. The fourth-order valence-electron chi connectivity index (χ4n) is 2.09. The van der Waals surface area contributed by atoms with Crippen molar-refractivity contribution in [2.45, 2.75) is 26.4 Å². The molecule has 1 unspecified atom stereocenters. The molecule has 2 aromatic rings. The van der Waals surface area contributed by atoms with Crippen LogP contribution in [-0.2, 0) is 9.53 Å². The van der Waals surface area contributed by atoms with Crippen LogP contribution in [0.15, 0.2) is 35.1 Å². The topological polar surface area (TPSA) is 84.1 Å². The lowest BCUT2D eigenvalue weighted by Gasteiger charge is -2.15. The number of aromatic nitrogens is 2. The zero-order valence-electron chi connectivity index (χ0n) is 12.8. The number of rotatable bonds is 5. The van der Waals surface area contributed by atoms with E-state index in [4.69, 9.17) is 4.74 Å². The fourth-order valence-corrected chi connectivity index (χ4v) is 2.09. The second-order valence-electron chi connectivity index (χ2n) is 4.96. The van der Waals surface area contributed by atoms with Crippen molar-refractivity contribution in [3.8, 4) is 11.3 Å². The van der Waals surface area contributed by atoms with Crippen molar-refractivity contribution in [1.82, 2.24) is 10.2 Å². The maximum atomic E-state index is 12.1. The van der Waals surface area contributed by atoms with Gasteiger partial charge in [0.25, 0.3) is 11.5 Å². The Balaban J connectivity index is 2.29. The average Bonchev–Trinajstić information content (AvgIpc) is 2.51. The molecule has 0 saturated carbocycles. The van der Waals surface area contributed by atoms with Crippen molar-refractivity contribution in [3.63, 3.8) is 0 Å². The maximum absolute atomic E-state index is 12.1. The first-order valence-electron chi connectivity index (χ1n) is 7.05. The number of carbonyl (C=O) groups excluding carboxylic acids is 1. The van der Waals surface area contributed by atoms with E-state index >= 15 is 0 Å². The molecule has 0 saturated heterocycles. The van der Waals surface area contributed by atoms with Crippen molar-refractivity contribution >= 4 is 11.6 Å². The second kappa shape index (κ2) is 7.00. The molecule has 1 aromatic heterocycles. The van der Waals surface area contributed by atoms with Gasteiger partial charge in [0.1, 0.15) is 6.10 Å². The smallest absolute Gasteiger partial charge is 0.264 e. The number of benzene rings is 1. The van der Waals surface area contributed by atoms with E-state index in [1.807, 2.05) is 32.0 Å². The molecule has 0 spiro atoms. The summed E-state index contributed by atoms with van der Waals surface area (Å²) in [5.74, 6) is -0.181. The van der Waals surface area contributed by atoms with Crippen LogP contribution in [0.2, 0.25) is 0 Å². The molecule has 0 aliphatic rings. The van der Waals surface area contributed by atoms with Crippen LogP contribution >= 0.6 is 0 Å². The minimum atomic E-state index is -0.478. The third-order valence-corrected chi connectivity index (χ3v) is 3.42. The van der Waals surface area contributed by atoms with Crippen molar-refractivity contribution in [2.75, 3.05) is 12.4 Å². The highest BCUT2D eigenvalue weighted by Crippen LogP contribution is 2.23. The highest BCUT2D eigenvalue weighted by Gasteiger charge is 2.16. The van der Waals surface area contributed by atoms with E-state index in [1.54, 1.807) is 6.07 Å². The summed E-state index contributed by atoms with van der Waals surface area (Å²) in [5, 5.41) is 9.26. The van der Waals surface area contributed by atoms with Gasteiger partial charge in [-0.1, -0.05) is 19.1 Å². The summed E-state index contributed by atoms with van der Waals surface area (Å²) < 4.78 is 5.14. The van der Waals surface area contributed by atoms with E-state index in [0.717, 1.165) is 11.1 Å². The Hall–Kier alpha value is -2.47. The Labute approximate surface area is 128 Å². The zero-order chi connectivity index (χ0) is 16.1. The third kappa shape index (κ3) is 3.59. The van der Waals surface area contributed by atoms with Gasteiger partial charge in [-0.05, 0) is 31.0 Å². The van der Waals surface area contributed by atoms with E-state index < -0.39 is 6.10 Å². The van der Waals surface area contributed by atoms with Crippen LogP contribution in [0.3, 0.4) is 0 Å². The number of carbonyl (C=O) groups is 1. The number of amides is 1. The molecular weight excluding hydrogens is 282 g/mol. The number of aryl methyl sites for hydroxylation is 1. The molecule has 6 heteroatoms. The molecule has 1 atom stereocenters. The van der Waals surface area contributed by atoms with Crippen molar-refractivity contribution in [2.24, 2.45) is 0 Å². The Morgan fingerprint density at radius 1 is 1.36 bits per heavy atom. The normalized spacial score (nSPS) is 12.0. The van der Waals surface area contributed by atoms with E-state index in [2.05, 4.69) is 15.5 Å². The first kappa shape index (κ1) is 15.9. The van der Waals surface area contributed by atoms with E-state index in [0.29, 0.717) is 17.8 Å². The van der Waals surface area contributed by atoms with Crippen LogP contribution in [0.4, 0.5) is 5.69 Å². The number of anilines is 1. The predicted molar refractivity (Wildman–Crippen MR) is 84.7 cm³/mol. The van der Waals surface area contributed by atoms with Gasteiger partial charge in [-0.25, -0.2) is 5.10 Å². The highest BCUT2D eigenvalue weighted by atomic mass is 16.5. The van der Waals surface area contributed by atoms with Crippen LogP contribution < -0.4 is 10.9 Å². The van der Waals surface area contributed by atoms with Crippen LogP contribution in [0.1, 0.15) is 18.9 Å². The SMILES string of the molecule is CCC(OC)C(=O)Nc1cc(-c2ccc(=O)[nH]n2)ccc1C. The second-order valence-corrected chi connectivity index (χ2v) is 4.96. The first-order valence-corrected chi connectivity index (χ1v) is 7.05. The molecule has 0 fully saturated rings. The van der Waals surface area contributed by atoms with Gasteiger partial charge in [0.15, 0.2) is 0 Å². The molecule has 2 rings (SSSR count). The van der Waals surface area contributed by atoms with E-state index in [1.165, 1.54) is 13.2 Å². The summed E-state index contributed by atoms with van der Waals surface area (Å²) in [5.41, 5.74) is 2.82. The number of methoxy groups -OCH3 is 1. The Morgan fingerprint density at radius 2 is 2.14 bits per heavy atom. The monoisotopic (exact) mass is 301 g/mol. The summed E-state index contributed by atoms with van der Waals surface area (Å²) in [7, 11) is 1.52. The number of nitrogens with one attached hydrogen (secondary N) is 2. The third-order valence-electron chi connectivity index (χ3n) is 3.42. The predicted octanol–water partition coefficient (Wildman–Crippen LogP) is 2.11. The minimum Gasteiger partial charge on any atom is -0.372 e. The van der Waals surface area contributed by atoms with Gasteiger partial charge in [0.05, 0.1) is 5.69 Å². The van der Waals surface area contributed by atoms with Crippen LogP contribution in [0.5, 0.6) is 0 Å². The largest absolute Gasteiger partial charge is 0.372 e. The number of H-pyrrole nitrogens is 1. The summed E-state index contributed by atoms with van der Waals surface area (Å²) in [6.07, 6.45) is 0.122. The number of ether oxygens (including phenoxy) is 1. The van der Waals surface area contributed by atoms with Gasteiger partial charge in [-0.2, -0.15) is 5.10 Å². The van der Waals surface area contributed by atoms with Crippen molar-refractivity contribution < 1.29 is 9.53 Å². The van der Waals surface area contributed by atoms with Crippen LogP contribution in [-0.4, -0.2) is 29.3 Å². The van der Waals surface area contributed by atoms with Crippen molar-refractivity contribution in [1.29, 1.82) is 0 Å². The molecule has 0 radical (unpaired) electrons. The van der Waals surface area contributed by atoms with Gasteiger partial charge >= 0.3 is 0 Å². The molecule has 0 aliphatic carbocycles. The van der Waals surface area contributed by atoms with Gasteiger partial charge in [-0.3, -0.25) is 9.59 Å². The molecule has 22 heavy (non-hydrogen) atoms. The fraction of sp³-hybridized carbons (Fsp3) is 0.312. The van der Waals surface area contributed by atoms with Gasteiger partial charge < -0.3 is 10.1 Å². The van der Waals surface area contributed by atoms with E-state index in [9.17, 15) is 9.59 Å². The first-order chi connectivity index (χ1) is 10.5. The molecule has 116 valence electrons. The highest BCUT2D eigenvalue weighted by molar-refractivity contribution is 5.95. The molecule has 1 amide bonds. The van der Waals surface area contributed by atoms with Crippen molar-refractivity contribution in [3.05, 3.63) is 46.2 Å². The Morgan fingerprint density at radius 3 is 2.73 bits per heavy atom. The van der Waals surface area contributed by atoms with Crippen LogP contribution in [0.25, 0.3) is 11.3 Å². The molecule has 1 heterocycles. The lowest BCUT2D eigenvalue weighted by atomic mass is 10.1.